The summed E-state index contributed by atoms with van der Waals surface area (Å²) in [5.74, 6) is 1.69. The van der Waals surface area contributed by atoms with E-state index in [1.165, 1.54) is 0 Å². The highest BCUT2D eigenvalue weighted by Crippen LogP contribution is 2.28. The number of amides is 1. The van der Waals surface area contributed by atoms with Crippen LogP contribution >= 0.6 is 0 Å². The van der Waals surface area contributed by atoms with Gasteiger partial charge in [-0.2, -0.15) is 5.10 Å². The van der Waals surface area contributed by atoms with E-state index < -0.39 is 0 Å². The molecule has 0 saturated heterocycles. The minimum absolute atomic E-state index is 0.172. The van der Waals surface area contributed by atoms with Crippen molar-refractivity contribution in [1.29, 1.82) is 0 Å². The third-order valence-electron chi connectivity index (χ3n) is 4.88. The number of nitrogens with zero attached hydrogens (tertiary/aromatic N) is 3. The summed E-state index contributed by atoms with van der Waals surface area (Å²) < 4.78 is 17.7. The molecule has 0 unspecified atom stereocenters. The van der Waals surface area contributed by atoms with Crippen LogP contribution in [0.4, 0.5) is 0 Å². The summed E-state index contributed by atoms with van der Waals surface area (Å²) in [6.07, 6.45) is 3.34. The van der Waals surface area contributed by atoms with E-state index in [0.29, 0.717) is 29.5 Å². The molecule has 0 spiro atoms. The van der Waals surface area contributed by atoms with E-state index in [4.69, 9.17) is 14.2 Å². The summed E-state index contributed by atoms with van der Waals surface area (Å²) in [4.78, 5) is 14.6. The fraction of sp³-hybridized carbons (Fsp3) is 0.304. The summed E-state index contributed by atoms with van der Waals surface area (Å²) >= 11 is 0. The van der Waals surface area contributed by atoms with Gasteiger partial charge in [-0.05, 0) is 42.7 Å². The Kier molecular flexibility index (Phi) is 6.95. The largest absolute Gasteiger partial charge is 0.493 e. The number of benzene rings is 2. The van der Waals surface area contributed by atoms with E-state index >= 15 is 0 Å². The van der Waals surface area contributed by atoms with Crippen LogP contribution in [0.3, 0.4) is 0 Å². The number of aryl methyl sites for hydroxylation is 1. The predicted octanol–water partition coefficient (Wildman–Crippen LogP) is 3.60. The Morgan fingerprint density at radius 1 is 0.967 bits per heavy atom. The smallest absolute Gasteiger partial charge is 0.277 e. The number of para-hydroxylation sites is 1. The normalized spacial score (nSPS) is 10.5. The lowest BCUT2D eigenvalue weighted by molar-refractivity contribution is 0.0784. The zero-order chi connectivity index (χ0) is 21.5. The van der Waals surface area contributed by atoms with E-state index in [2.05, 4.69) is 5.10 Å². The van der Waals surface area contributed by atoms with Gasteiger partial charge in [0.2, 0.25) is 0 Å². The zero-order valence-electron chi connectivity index (χ0n) is 17.8. The monoisotopic (exact) mass is 409 g/mol. The molecule has 0 aliphatic carbocycles. The highest BCUT2D eigenvalue weighted by molar-refractivity contribution is 5.94. The summed E-state index contributed by atoms with van der Waals surface area (Å²) in [6.45, 7) is 0.592. The van der Waals surface area contributed by atoms with E-state index in [9.17, 15) is 4.79 Å². The summed E-state index contributed by atoms with van der Waals surface area (Å²) in [5.41, 5.74) is 2.29. The van der Waals surface area contributed by atoms with E-state index in [-0.39, 0.29) is 5.91 Å². The Morgan fingerprint density at radius 2 is 1.67 bits per heavy atom. The molecular weight excluding hydrogens is 382 g/mol. The van der Waals surface area contributed by atoms with E-state index in [0.717, 1.165) is 24.1 Å². The third-order valence-corrected chi connectivity index (χ3v) is 4.88. The fourth-order valence-electron chi connectivity index (χ4n) is 3.21. The number of hydrogen-bond acceptors (Lipinski definition) is 5. The van der Waals surface area contributed by atoms with Crippen LogP contribution in [0.15, 0.2) is 54.7 Å². The molecule has 0 fully saturated rings. The molecule has 0 saturated carbocycles. The Labute approximate surface area is 176 Å². The standard InChI is InChI=1S/C23H27N3O4/c1-25(14-8-9-17-12-13-19(28-2)20(15-17)29-3)23(27)22-21(30-4)16-26(24-22)18-10-6-5-7-11-18/h5-7,10-13,15-16H,8-9,14H2,1-4H3. The Bertz CT molecular complexity index is 985. The van der Waals surface area contributed by atoms with Gasteiger partial charge in [0.25, 0.3) is 5.91 Å². The van der Waals surface area contributed by atoms with E-state index in [1.807, 2.05) is 48.5 Å². The van der Waals surface area contributed by atoms with Crippen molar-refractivity contribution < 1.29 is 19.0 Å². The van der Waals surface area contributed by atoms with Gasteiger partial charge in [-0.25, -0.2) is 4.68 Å². The third kappa shape index (κ3) is 4.74. The van der Waals surface area contributed by atoms with Crippen molar-refractivity contribution in [3.05, 3.63) is 66.0 Å². The van der Waals surface area contributed by atoms with Gasteiger partial charge in [0.15, 0.2) is 22.9 Å². The van der Waals surface area contributed by atoms with Crippen molar-refractivity contribution in [3.8, 4) is 22.9 Å². The molecule has 0 bridgehead atoms. The van der Waals surface area contributed by atoms with Gasteiger partial charge >= 0.3 is 0 Å². The maximum Gasteiger partial charge on any atom is 0.277 e. The molecule has 158 valence electrons. The first-order chi connectivity index (χ1) is 14.6. The second kappa shape index (κ2) is 9.82. The van der Waals surface area contributed by atoms with Gasteiger partial charge in [0, 0.05) is 13.6 Å². The van der Waals surface area contributed by atoms with Crippen molar-refractivity contribution in [2.24, 2.45) is 0 Å². The van der Waals surface area contributed by atoms with Crippen LogP contribution in [0.1, 0.15) is 22.5 Å². The Balaban J connectivity index is 1.64. The number of methoxy groups -OCH3 is 3. The van der Waals surface area contributed by atoms with Crippen LogP contribution in [-0.4, -0.2) is 55.5 Å². The number of carbonyl (C=O) groups excluding carboxylic acids is 1. The van der Waals surface area contributed by atoms with Crippen molar-refractivity contribution in [1.82, 2.24) is 14.7 Å². The highest BCUT2D eigenvalue weighted by Gasteiger charge is 2.21. The molecule has 0 radical (unpaired) electrons. The van der Waals surface area contributed by atoms with Gasteiger partial charge in [0.1, 0.15) is 0 Å². The molecule has 1 amide bonds. The fourth-order valence-corrected chi connectivity index (χ4v) is 3.21. The molecule has 7 nitrogen and oxygen atoms in total. The molecular formula is C23H27N3O4. The molecule has 0 atom stereocenters. The Hall–Kier alpha value is -3.48. The average Bonchev–Trinajstić information content (AvgIpc) is 3.23. The lowest BCUT2D eigenvalue weighted by atomic mass is 10.1. The average molecular weight is 409 g/mol. The maximum absolute atomic E-state index is 12.9. The van der Waals surface area contributed by atoms with Gasteiger partial charge < -0.3 is 19.1 Å². The van der Waals surface area contributed by atoms with Crippen LogP contribution in [0.25, 0.3) is 5.69 Å². The van der Waals surface area contributed by atoms with Crippen molar-refractivity contribution in [3.63, 3.8) is 0 Å². The van der Waals surface area contributed by atoms with Crippen LogP contribution in [-0.2, 0) is 6.42 Å². The van der Waals surface area contributed by atoms with Gasteiger partial charge in [-0.1, -0.05) is 24.3 Å². The van der Waals surface area contributed by atoms with Crippen LogP contribution in [0.2, 0.25) is 0 Å². The minimum atomic E-state index is -0.172. The molecule has 1 heterocycles. The predicted molar refractivity (Wildman–Crippen MR) is 115 cm³/mol. The number of ether oxygens (including phenoxy) is 3. The SMILES string of the molecule is COc1ccc(CCCN(C)C(=O)c2nn(-c3ccccc3)cc2OC)cc1OC. The molecule has 3 aromatic rings. The molecule has 2 aromatic carbocycles. The Morgan fingerprint density at radius 3 is 2.33 bits per heavy atom. The van der Waals surface area contributed by atoms with Crippen LogP contribution in [0.5, 0.6) is 17.2 Å². The van der Waals surface area contributed by atoms with E-state index in [1.54, 1.807) is 44.2 Å². The zero-order valence-corrected chi connectivity index (χ0v) is 17.8. The molecule has 7 heteroatoms. The molecule has 0 aliphatic heterocycles. The summed E-state index contributed by atoms with van der Waals surface area (Å²) in [5, 5.41) is 4.45. The molecule has 30 heavy (non-hydrogen) atoms. The van der Waals surface area contributed by atoms with Crippen molar-refractivity contribution >= 4 is 5.91 Å². The molecule has 0 aliphatic rings. The molecule has 1 aromatic heterocycles. The van der Waals surface area contributed by atoms with Crippen molar-refractivity contribution in [2.45, 2.75) is 12.8 Å². The quantitative estimate of drug-likeness (QED) is 0.540. The lowest BCUT2D eigenvalue weighted by Crippen LogP contribution is -2.28. The van der Waals surface area contributed by atoms with Crippen LogP contribution < -0.4 is 14.2 Å². The molecule has 0 N–H and O–H groups in total. The lowest BCUT2D eigenvalue weighted by Gasteiger charge is -2.16. The number of hydrogen-bond donors (Lipinski definition) is 0. The first kappa shape index (κ1) is 21.2. The first-order valence-corrected chi connectivity index (χ1v) is 9.72. The van der Waals surface area contributed by atoms with Crippen molar-refractivity contribution in [2.75, 3.05) is 34.9 Å². The molecule has 3 rings (SSSR count). The number of rotatable bonds is 9. The second-order valence-corrected chi connectivity index (χ2v) is 6.85. The first-order valence-electron chi connectivity index (χ1n) is 9.72. The van der Waals surface area contributed by atoms with Gasteiger partial charge in [0.05, 0.1) is 33.2 Å². The maximum atomic E-state index is 12.9. The van der Waals surface area contributed by atoms with Gasteiger partial charge in [-0.3, -0.25) is 4.79 Å². The second-order valence-electron chi connectivity index (χ2n) is 6.85. The van der Waals surface area contributed by atoms with Gasteiger partial charge in [-0.15, -0.1) is 0 Å². The summed E-state index contributed by atoms with van der Waals surface area (Å²) in [7, 11) is 6.56. The minimum Gasteiger partial charge on any atom is -0.493 e. The topological polar surface area (TPSA) is 65.8 Å². The highest BCUT2D eigenvalue weighted by atomic mass is 16.5. The number of aromatic nitrogens is 2. The number of carbonyl (C=O) groups is 1. The van der Waals surface area contributed by atoms with Crippen LogP contribution in [0, 0.1) is 0 Å². The summed E-state index contributed by atoms with van der Waals surface area (Å²) in [6, 6.07) is 15.5.